The minimum atomic E-state index is -0.365. The van der Waals surface area contributed by atoms with Gasteiger partial charge in [0.1, 0.15) is 0 Å². The summed E-state index contributed by atoms with van der Waals surface area (Å²) in [5.41, 5.74) is 7.19. The van der Waals surface area contributed by atoms with Gasteiger partial charge in [-0.05, 0) is 31.2 Å². The van der Waals surface area contributed by atoms with Crippen LogP contribution in [0.1, 0.15) is 51.5 Å². The SMILES string of the molecule is CCCC(CCc1ccccc1)NC(=O)C(N)CCC. The molecule has 3 nitrogen and oxygen atoms in total. The molecule has 0 aliphatic rings. The second-order valence-corrected chi connectivity index (χ2v) is 5.41. The zero-order valence-corrected chi connectivity index (χ0v) is 12.8. The van der Waals surface area contributed by atoms with Crippen LogP contribution in [0, 0.1) is 0 Å². The Balaban J connectivity index is 2.45. The number of aryl methyl sites for hydroxylation is 1. The number of nitrogens with two attached hydrogens (primary N) is 1. The van der Waals surface area contributed by atoms with Crippen molar-refractivity contribution in [1.82, 2.24) is 5.32 Å². The fourth-order valence-corrected chi connectivity index (χ4v) is 2.37. The van der Waals surface area contributed by atoms with E-state index in [1.807, 2.05) is 13.0 Å². The van der Waals surface area contributed by atoms with Crippen LogP contribution in [0.3, 0.4) is 0 Å². The molecule has 0 radical (unpaired) electrons. The average molecular weight is 276 g/mol. The first-order chi connectivity index (χ1) is 9.67. The fraction of sp³-hybridized carbons (Fsp3) is 0.588. The van der Waals surface area contributed by atoms with E-state index < -0.39 is 0 Å². The summed E-state index contributed by atoms with van der Waals surface area (Å²) in [4.78, 5) is 12.0. The molecule has 0 saturated heterocycles. The summed E-state index contributed by atoms with van der Waals surface area (Å²) < 4.78 is 0. The van der Waals surface area contributed by atoms with Gasteiger partial charge in [0, 0.05) is 6.04 Å². The van der Waals surface area contributed by atoms with Crippen LogP contribution in [-0.4, -0.2) is 18.0 Å². The van der Waals surface area contributed by atoms with E-state index in [0.717, 1.165) is 38.5 Å². The van der Waals surface area contributed by atoms with Gasteiger partial charge in [-0.15, -0.1) is 0 Å². The molecule has 0 fully saturated rings. The third kappa shape index (κ3) is 6.20. The average Bonchev–Trinajstić information content (AvgIpc) is 2.46. The monoisotopic (exact) mass is 276 g/mol. The van der Waals surface area contributed by atoms with Gasteiger partial charge in [-0.25, -0.2) is 0 Å². The molecule has 3 N–H and O–H groups in total. The summed E-state index contributed by atoms with van der Waals surface area (Å²) >= 11 is 0. The summed E-state index contributed by atoms with van der Waals surface area (Å²) in [5.74, 6) is -0.00152. The predicted octanol–water partition coefficient (Wildman–Crippen LogP) is 3.03. The second-order valence-electron chi connectivity index (χ2n) is 5.41. The van der Waals surface area contributed by atoms with E-state index in [1.165, 1.54) is 5.56 Å². The highest BCUT2D eigenvalue weighted by atomic mass is 16.2. The molecule has 1 rings (SSSR count). The molecule has 1 amide bonds. The summed E-state index contributed by atoms with van der Waals surface area (Å²) in [6, 6.07) is 10.3. The molecule has 0 aliphatic carbocycles. The minimum absolute atomic E-state index is 0.00152. The molecule has 3 heteroatoms. The fourth-order valence-electron chi connectivity index (χ4n) is 2.37. The van der Waals surface area contributed by atoms with Gasteiger partial charge in [-0.3, -0.25) is 4.79 Å². The zero-order valence-electron chi connectivity index (χ0n) is 12.8. The number of rotatable bonds is 9. The zero-order chi connectivity index (χ0) is 14.8. The van der Waals surface area contributed by atoms with Crippen molar-refractivity contribution in [3.63, 3.8) is 0 Å². The first-order valence-corrected chi connectivity index (χ1v) is 7.77. The van der Waals surface area contributed by atoms with Gasteiger partial charge in [0.15, 0.2) is 0 Å². The number of amides is 1. The van der Waals surface area contributed by atoms with Gasteiger partial charge >= 0.3 is 0 Å². The lowest BCUT2D eigenvalue weighted by atomic mass is 10.0. The van der Waals surface area contributed by atoms with Gasteiger partial charge in [-0.1, -0.05) is 57.0 Å². The van der Waals surface area contributed by atoms with Crippen LogP contribution in [0.4, 0.5) is 0 Å². The Morgan fingerprint density at radius 3 is 2.35 bits per heavy atom. The van der Waals surface area contributed by atoms with Crippen molar-refractivity contribution < 1.29 is 4.79 Å². The maximum absolute atomic E-state index is 12.0. The van der Waals surface area contributed by atoms with Crippen molar-refractivity contribution in [1.29, 1.82) is 0 Å². The lowest BCUT2D eigenvalue weighted by Gasteiger charge is -2.20. The standard InChI is InChI=1S/C17H28N2O/c1-3-8-15(19-17(20)16(18)9-4-2)13-12-14-10-6-5-7-11-14/h5-7,10-11,15-16H,3-4,8-9,12-13,18H2,1-2H3,(H,19,20). The maximum atomic E-state index is 12.0. The number of hydrogen-bond acceptors (Lipinski definition) is 2. The number of hydrogen-bond donors (Lipinski definition) is 2. The lowest BCUT2D eigenvalue weighted by Crippen LogP contribution is -2.45. The molecule has 1 aromatic carbocycles. The molecule has 2 unspecified atom stereocenters. The molecular formula is C17H28N2O. The lowest BCUT2D eigenvalue weighted by molar-refractivity contribution is -0.123. The molecule has 112 valence electrons. The molecule has 0 aliphatic heterocycles. The highest BCUT2D eigenvalue weighted by molar-refractivity contribution is 5.81. The Morgan fingerprint density at radius 1 is 1.10 bits per heavy atom. The smallest absolute Gasteiger partial charge is 0.237 e. The van der Waals surface area contributed by atoms with Crippen molar-refractivity contribution in [3.05, 3.63) is 35.9 Å². The molecule has 0 saturated carbocycles. The Kier molecular flexibility index (Phi) is 7.97. The van der Waals surface area contributed by atoms with Crippen LogP contribution in [0.25, 0.3) is 0 Å². The van der Waals surface area contributed by atoms with Gasteiger partial charge in [0.2, 0.25) is 5.91 Å². The number of carbonyl (C=O) groups excluding carboxylic acids is 1. The molecular weight excluding hydrogens is 248 g/mol. The Bertz CT molecular complexity index is 378. The van der Waals surface area contributed by atoms with Crippen molar-refractivity contribution >= 4 is 5.91 Å². The first-order valence-electron chi connectivity index (χ1n) is 7.77. The highest BCUT2D eigenvalue weighted by Crippen LogP contribution is 2.09. The molecule has 20 heavy (non-hydrogen) atoms. The minimum Gasteiger partial charge on any atom is -0.352 e. The van der Waals surface area contributed by atoms with Gasteiger partial charge < -0.3 is 11.1 Å². The Morgan fingerprint density at radius 2 is 1.75 bits per heavy atom. The quantitative estimate of drug-likeness (QED) is 0.728. The summed E-state index contributed by atoms with van der Waals surface area (Å²) in [6.07, 6.45) is 5.75. The molecule has 0 heterocycles. The van der Waals surface area contributed by atoms with Gasteiger partial charge in [-0.2, -0.15) is 0 Å². The van der Waals surface area contributed by atoms with E-state index in [0.29, 0.717) is 0 Å². The van der Waals surface area contributed by atoms with E-state index in [9.17, 15) is 4.79 Å². The first kappa shape index (κ1) is 16.7. The highest BCUT2D eigenvalue weighted by Gasteiger charge is 2.16. The van der Waals surface area contributed by atoms with E-state index in [2.05, 4.69) is 36.5 Å². The van der Waals surface area contributed by atoms with Crippen LogP contribution in [0.5, 0.6) is 0 Å². The largest absolute Gasteiger partial charge is 0.352 e. The molecule has 0 aromatic heterocycles. The third-order valence-corrected chi connectivity index (χ3v) is 3.54. The van der Waals surface area contributed by atoms with E-state index in [-0.39, 0.29) is 18.0 Å². The van der Waals surface area contributed by atoms with Crippen LogP contribution in [-0.2, 0) is 11.2 Å². The number of nitrogens with one attached hydrogen (secondary N) is 1. The summed E-state index contributed by atoms with van der Waals surface area (Å²) in [7, 11) is 0. The maximum Gasteiger partial charge on any atom is 0.237 e. The number of carbonyl (C=O) groups is 1. The van der Waals surface area contributed by atoms with Crippen molar-refractivity contribution in [2.75, 3.05) is 0 Å². The predicted molar refractivity (Wildman–Crippen MR) is 84.5 cm³/mol. The van der Waals surface area contributed by atoms with E-state index in [4.69, 9.17) is 5.73 Å². The topological polar surface area (TPSA) is 55.1 Å². The normalized spacial score (nSPS) is 13.8. The third-order valence-electron chi connectivity index (χ3n) is 3.54. The Hall–Kier alpha value is -1.35. The van der Waals surface area contributed by atoms with Crippen LogP contribution >= 0.6 is 0 Å². The molecule has 1 aromatic rings. The van der Waals surface area contributed by atoms with Crippen molar-refractivity contribution in [3.8, 4) is 0 Å². The van der Waals surface area contributed by atoms with Crippen LogP contribution < -0.4 is 11.1 Å². The second kappa shape index (κ2) is 9.54. The molecule has 0 spiro atoms. The molecule has 2 atom stereocenters. The number of benzene rings is 1. The van der Waals surface area contributed by atoms with Crippen molar-refractivity contribution in [2.24, 2.45) is 5.73 Å². The molecule has 0 bridgehead atoms. The van der Waals surface area contributed by atoms with Crippen LogP contribution in [0.2, 0.25) is 0 Å². The summed E-state index contributed by atoms with van der Waals surface area (Å²) in [6.45, 7) is 4.19. The van der Waals surface area contributed by atoms with E-state index >= 15 is 0 Å². The van der Waals surface area contributed by atoms with Gasteiger partial charge in [0.25, 0.3) is 0 Å². The van der Waals surface area contributed by atoms with Crippen molar-refractivity contribution in [2.45, 2.75) is 64.5 Å². The van der Waals surface area contributed by atoms with Gasteiger partial charge in [0.05, 0.1) is 6.04 Å². The van der Waals surface area contributed by atoms with E-state index in [1.54, 1.807) is 0 Å². The van der Waals surface area contributed by atoms with Crippen LogP contribution in [0.15, 0.2) is 30.3 Å². The summed E-state index contributed by atoms with van der Waals surface area (Å²) in [5, 5.41) is 3.11. The Labute approximate surface area is 122 Å².